The zero-order valence-corrected chi connectivity index (χ0v) is 14.6. The minimum Gasteiger partial charge on any atom is -0.452 e. The van der Waals surface area contributed by atoms with Crippen molar-refractivity contribution in [2.24, 2.45) is 5.92 Å². The molecule has 1 N–H and O–H groups in total. The number of ether oxygens (including phenoxy) is 1. The van der Waals surface area contributed by atoms with Gasteiger partial charge in [0.05, 0.1) is 16.5 Å². The van der Waals surface area contributed by atoms with Crippen molar-refractivity contribution < 1.29 is 31.5 Å². The van der Waals surface area contributed by atoms with E-state index in [2.05, 4.69) is 5.32 Å². The normalized spacial score (nSPS) is 16.4. The molecule has 0 aliphatic heterocycles. The molecule has 0 aromatic heterocycles. The number of alkyl halides is 2. The standard InChI is InChI=1S/C16H16F2N2O5S/c1-16(9-19,11-4-5-11)20-13(21)8-25-14(22)10-2-6-12(7-3-10)26(23,24)15(17)18/h2-3,6-7,11,15H,4-5,8H2,1H3,(H,20,21)/t16-/m1/s1. The molecule has 1 aliphatic carbocycles. The van der Waals surface area contributed by atoms with E-state index >= 15 is 0 Å². The molecule has 1 aliphatic rings. The van der Waals surface area contributed by atoms with Crippen molar-refractivity contribution in [2.45, 2.75) is 36.0 Å². The summed E-state index contributed by atoms with van der Waals surface area (Å²) in [5.41, 5.74) is -1.12. The number of hydrogen-bond donors (Lipinski definition) is 1. The number of carbonyl (C=O) groups is 2. The van der Waals surface area contributed by atoms with E-state index < -0.39 is 44.5 Å². The first-order valence-corrected chi connectivity index (χ1v) is 9.16. The SMILES string of the molecule is C[C@](C#N)(NC(=O)COC(=O)c1ccc(S(=O)(=O)C(F)F)cc1)C1CC1. The minimum absolute atomic E-state index is 0.0662. The second kappa shape index (κ2) is 7.37. The van der Waals surface area contributed by atoms with E-state index in [1.807, 2.05) is 6.07 Å². The van der Waals surface area contributed by atoms with Gasteiger partial charge in [-0.25, -0.2) is 13.2 Å². The molecule has 1 aromatic rings. The molecule has 0 unspecified atom stereocenters. The van der Waals surface area contributed by atoms with Crippen molar-refractivity contribution in [3.05, 3.63) is 29.8 Å². The molecule has 1 amide bonds. The summed E-state index contributed by atoms with van der Waals surface area (Å²) in [6.45, 7) is 0.965. The third kappa shape index (κ3) is 4.35. The van der Waals surface area contributed by atoms with Crippen LogP contribution < -0.4 is 5.32 Å². The molecular formula is C16H16F2N2O5S. The average molecular weight is 386 g/mol. The van der Waals surface area contributed by atoms with Crippen LogP contribution in [0.25, 0.3) is 0 Å². The summed E-state index contributed by atoms with van der Waals surface area (Å²) < 4.78 is 52.3. The third-order valence-electron chi connectivity index (χ3n) is 4.01. The van der Waals surface area contributed by atoms with E-state index in [9.17, 15) is 26.8 Å². The van der Waals surface area contributed by atoms with Crippen molar-refractivity contribution in [1.82, 2.24) is 5.32 Å². The van der Waals surface area contributed by atoms with Gasteiger partial charge in [-0.1, -0.05) is 0 Å². The zero-order chi connectivity index (χ0) is 19.5. The van der Waals surface area contributed by atoms with Gasteiger partial charge in [-0.05, 0) is 49.9 Å². The maximum absolute atomic E-state index is 12.4. The third-order valence-corrected chi connectivity index (χ3v) is 5.41. The predicted octanol–water partition coefficient (Wildman–Crippen LogP) is 1.65. The van der Waals surface area contributed by atoms with Gasteiger partial charge in [0, 0.05) is 0 Å². The monoisotopic (exact) mass is 386 g/mol. The number of benzene rings is 1. The molecule has 0 spiro atoms. The van der Waals surface area contributed by atoms with Gasteiger partial charge >= 0.3 is 11.7 Å². The number of nitrogens with one attached hydrogen (secondary N) is 1. The van der Waals surface area contributed by atoms with Crippen LogP contribution in [0.15, 0.2) is 29.2 Å². The highest BCUT2D eigenvalue weighted by molar-refractivity contribution is 7.91. The molecular weight excluding hydrogens is 370 g/mol. The van der Waals surface area contributed by atoms with Crippen LogP contribution in [-0.2, 0) is 19.4 Å². The van der Waals surface area contributed by atoms with Crippen LogP contribution in [0.5, 0.6) is 0 Å². The topological polar surface area (TPSA) is 113 Å². The molecule has 0 radical (unpaired) electrons. The highest BCUT2D eigenvalue weighted by Crippen LogP contribution is 2.39. The molecule has 1 atom stereocenters. The zero-order valence-electron chi connectivity index (χ0n) is 13.7. The molecule has 1 fully saturated rings. The van der Waals surface area contributed by atoms with E-state index in [-0.39, 0.29) is 11.5 Å². The summed E-state index contributed by atoms with van der Waals surface area (Å²) in [7, 11) is -4.75. The number of rotatable bonds is 7. The van der Waals surface area contributed by atoms with Crippen molar-refractivity contribution in [2.75, 3.05) is 6.61 Å². The molecule has 1 saturated carbocycles. The highest BCUT2D eigenvalue weighted by Gasteiger charge is 2.43. The largest absolute Gasteiger partial charge is 0.452 e. The van der Waals surface area contributed by atoms with Gasteiger partial charge in [0.1, 0.15) is 5.54 Å². The fourth-order valence-corrected chi connectivity index (χ4v) is 3.03. The van der Waals surface area contributed by atoms with Crippen molar-refractivity contribution in [3.63, 3.8) is 0 Å². The fraction of sp³-hybridized carbons (Fsp3) is 0.438. The van der Waals surface area contributed by atoms with Crippen LogP contribution in [0.3, 0.4) is 0 Å². The summed E-state index contributed by atoms with van der Waals surface area (Å²) in [5, 5.41) is 11.7. The molecule has 26 heavy (non-hydrogen) atoms. The van der Waals surface area contributed by atoms with E-state index in [0.717, 1.165) is 37.1 Å². The number of hydrogen-bond acceptors (Lipinski definition) is 6. The Balaban J connectivity index is 1.94. The van der Waals surface area contributed by atoms with Crippen molar-refractivity contribution >= 4 is 21.7 Å². The van der Waals surface area contributed by atoms with Crippen LogP contribution in [0.1, 0.15) is 30.1 Å². The summed E-state index contributed by atoms with van der Waals surface area (Å²) in [4.78, 5) is 23.1. The number of esters is 1. The lowest BCUT2D eigenvalue weighted by Gasteiger charge is -2.22. The average Bonchev–Trinajstić information content (AvgIpc) is 3.45. The van der Waals surface area contributed by atoms with Gasteiger partial charge < -0.3 is 10.1 Å². The fourth-order valence-electron chi connectivity index (χ4n) is 2.31. The Morgan fingerprint density at radius 1 is 1.35 bits per heavy atom. The van der Waals surface area contributed by atoms with Crippen LogP contribution >= 0.6 is 0 Å². The lowest BCUT2D eigenvalue weighted by atomic mass is 9.98. The van der Waals surface area contributed by atoms with Gasteiger partial charge in [0.25, 0.3) is 5.91 Å². The molecule has 2 rings (SSSR count). The number of halogens is 2. The number of nitrogens with zero attached hydrogens (tertiary/aromatic N) is 1. The smallest absolute Gasteiger partial charge is 0.341 e. The number of amides is 1. The van der Waals surface area contributed by atoms with Crippen molar-refractivity contribution in [1.29, 1.82) is 5.26 Å². The van der Waals surface area contributed by atoms with E-state index in [1.54, 1.807) is 6.92 Å². The Labute approximate surface area is 148 Å². The first-order valence-electron chi connectivity index (χ1n) is 7.61. The van der Waals surface area contributed by atoms with Crippen molar-refractivity contribution in [3.8, 4) is 6.07 Å². The van der Waals surface area contributed by atoms with Gasteiger partial charge in [0.15, 0.2) is 6.61 Å². The summed E-state index contributed by atoms with van der Waals surface area (Å²) in [6, 6.07) is 5.77. The summed E-state index contributed by atoms with van der Waals surface area (Å²) in [6.07, 6.45) is 1.66. The van der Waals surface area contributed by atoms with E-state index in [0.29, 0.717) is 0 Å². The molecule has 7 nitrogen and oxygen atoms in total. The lowest BCUT2D eigenvalue weighted by molar-refractivity contribution is -0.125. The Kier molecular flexibility index (Phi) is 5.61. The molecule has 1 aromatic carbocycles. The van der Waals surface area contributed by atoms with Crippen LogP contribution in [-0.4, -0.2) is 38.2 Å². The van der Waals surface area contributed by atoms with Gasteiger partial charge in [-0.15, -0.1) is 0 Å². The molecule has 140 valence electrons. The van der Waals surface area contributed by atoms with Gasteiger partial charge in [0.2, 0.25) is 9.84 Å². The Hall–Kier alpha value is -2.54. The van der Waals surface area contributed by atoms with Crippen LogP contribution in [0, 0.1) is 17.2 Å². The second-order valence-corrected chi connectivity index (χ2v) is 7.96. The van der Waals surface area contributed by atoms with Crippen LogP contribution in [0.4, 0.5) is 8.78 Å². The quantitative estimate of drug-likeness (QED) is 0.713. The molecule has 0 saturated heterocycles. The van der Waals surface area contributed by atoms with E-state index in [1.165, 1.54) is 0 Å². The Bertz CT molecular complexity index is 844. The number of carbonyl (C=O) groups excluding carboxylic acids is 2. The Morgan fingerprint density at radius 3 is 2.38 bits per heavy atom. The minimum atomic E-state index is -4.75. The van der Waals surface area contributed by atoms with E-state index in [4.69, 9.17) is 10.00 Å². The highest BCUT2D eigenvalue weighted by atomic mass is 32.2. The second-order valence-electron chi connectivity index (χ2n) is 6.04. The lowest BCUT2D eigenvalue weighted by Crippen LogP contribution is -2.48. The summed E-state index contributed by atoms with van der Waals surface area (Å²) in [5.74, 6) is -5.07. The van der Waals surface area contributed by atoms with Gasteiger partial charge in [-0.2, -0.15) is 14.0 Å². The Morgan fingerprint density at radius 2 is 1.92 bits per heavy atom. The molecule has 0 heterocycles. The number of sulfone groups is 1. The first-order chi connectivity index (χ1) is 12.1. The predicted molar refractivity (Wildman–Crippen MR) is 84.8 cm³/mol. The van der Waals surface area contributed by atoms with Crippen LogP contribution in [0.2, 0.25) is 0 Å². The maximum Gasteiger partial charge on any atom is 0.341 e. The number of nitriles is 1. The summed E-state index contributed by atoms with van der Waals surface area (Å²) >= 11 is 0. The molecule has 10 heteroatoms. The molecule has 0 bridgehead atoms. The first kappa shape index (κ1) is 19.8. The van der Waals surface area contributed by atoms with Gasteiger partial charge in [-0.3, -0.25) is 4.79 Å². The maximum atomic E-state index is 12.4.